The largest absolute Gasteiger partial charge is 0.480 e. The molecule has 0 spiro atoms. The molecule has 1 aliphatic carbocycles. The fourth-order valence-corrected chi connectivity index (χ4v) is 4.12. The second-order valence-corrected chi connectivity index (χ2v) is 8.80. The Balaban J connectivity index is 2.60. The van der Waals surface area contributed by atoms with Crippen LogP contribution in [0.25, 0.3) is 0 Å². The number of nitrogens with one attached hydrogen (secondary N) is 1. The normalized spacial score (nSPS) is 25.7. The van der Waals surface area contributed by atoms with E-state index in [1.165, 1.54) is 0 Å². The fourth-order valence-electron chi connectivity index (χ4n) is 2.93. The van der Waals surface area contributed by atoms with E-state index >= 15 is 0 Å². The van der Waals surface area contributed by atoms with Crippen LogP contribution in [0.3, 0.4) is 0 Å². The van der Waals surface area contributed by atoms with E-state index in [9.17, 15) is 14.7 Å². The van der Waals surface area contributed by atoms with Crippen LogP contribution in [0.1, 0.15) is 52.9 Å². The summed E-state index contributed by atoms with van der Waals surface area (Å²) in [6.45, 7) is 9.07. The molecule has 1 saturated carbocycles. The highest BCUT2D eigenvalue weighted by Gasteiger charge is 2.38. The third-order valence-corrected chi connectivity index (χ3v) is 5.79. The van der Waals surface area contributed by atoms with Crippen LogP contribution in [0, 0.1) is 11.3 Å². The Labute approximate surface area is 152 Å². The lowest BCUT2D eigenvalue weighted by molar-refractivity contribution is -0.142. The van der Waals surface area contributed by atoms with Crippen molar-refractivity contribution in [1.82, 2.24) is 5.32 Å². The number of alkyl carbamates (subject to hydrolysis) is 1. The van der Waals surface area contributed by atoms with Gasteiger partial charge < -0.3 is 15.2 Å². The molecule has 0 saturated heterocycles. The van der Waals surface area contributed by atoms with Crippen molar-refractivity contribution in [1.29, 1.82) is 0 Å². The summed E-state index contributed by atoms with van der Waals surface area (Å²) < 4.78 is 6.05. The second kappa shape index (κ2) is 8.89. The molecule has 132 valence electrons. The molecule has 0 aromatic rings. The molecule has 1 amide bonds. The van der Waals surface area contributed by atoms with E-state index in [2.05, 4.69) is 34.5 Å². The van der Waals surface area contributed by atoms with E-state index in [0.29, 0.717) is 9.84 Å². The van der Waals surface area contributed by atoms with Crippen LogP contribution in [0.15, 0.2) is 12.7 Å². The number of hydrogen-bond donors (Lipinski definition) is 2. The van der Waals surface area contributed by atoms with E-state index in [-0.39, 0.29) is 6.10 Å². The van der Waals surface area contributed by atoms with Crippen LogP contribution < -0.4 is 5.32 Å². The summed E-state index contributed by atoms with van der Waals surface area (Å²) in [6, 6.07) is -0.967. The SMILES string of the molecule is C=CCCC[C@@H]1[C@@H](I)CC[C@H]1OC(=O)N[C@H](C(=O)O)C(C)(C)C. The maximum atomic E-state index is 12.1. The van der Waals surface area contributed by atoms with Crippen molar-refractivity contribution in [3.63, 3.8) is 0 Å². The van der Waals surface area contributed by atoms with Crippen molar-refractivity contribution < 1.29 is 19.4 Å². The maximum Gasteiger partial charge on any atom is 0.408 e. The first kappa shape index (κ1) is 20.3. The number of alkyl halides is 1. The Morgan fingerprint density at radius 2 is 2.09 bits per heavy atom. The molecule has 0 bridgehead atoms. The Bertz CT molecular complexity index is 433. The zero-order chi connectivity index (χ0) is 17.6. The molecule has 0 unspecified atom stereocenters. The Kier molecular flexibility index (Phi) is 7.83. The van der Waals surface area contributed by atoms with Crippen molar-refractivity contribution in [2.24, 2.45) is 11.3 Å². The quantitative estimate of drug-likeness (QED) is 0.272. The van der Waals surface area contributed by atoms with Crippen molar-refractivity contribution >= 4 is 34.7 Å². The molecule has 23 heavy (non-hydrogen) atoms. The highest BCUT2D eigenvalue weighted by molar-refractivity contribution is 14.1. The van der Waals surface area contributed by atoms with Gasteiger partial charge in [0, 0.05) is 9.84 Å². The summed E-state index contributed by atoms with van der Waals surface area (Å²) in [6.07, 6.45) is 6.01. The number of aliphatic carboxylic acids is 1. The third kappa shape index (κ3) is 6.31. The minimum atomic E-state index is -1.05. The van der Waals surface area contributed by atoms with Gasteiger partial charge in [-0.1, -0.05) is 49.4 Å². The van der Waals surface area contributed by atoms with E-state index in [1.807, 2.05) is 6.08 Å². The average Bonchev–Trinajstić information content (AvgIpc) is 2.76. The van der Waals surface area contributed by atoms with Gasteiger partial charge in [0.1, 0.15) is 12.1 Å². The summed E-state index contributed by atoms with van der Waals surface area (Å²) in [5.74, 6) is -0.714. The molecule has 0 radical (unpaired) electrons. The van der Waals surface area contributed by atoms with Gasteiger partial charge in [-0.3, -0.25) is 0 Å². The number of ether oxygens (including phenoxy) is 1. The molecule has 4 atom stereocenters. The predicted octanol–water partition coefficient (Wildman–Crippen LogP) is 4.15. The van der Waals surface area contributed by atoms with Crippen molar-refractivity contribution in [3.8, 4) is 0 Å². The first-order valence-electron chi connectivity index (χ1n) is 8.11. The molecule has 1 fully saturated rings. The van der Waals surface area contributed by atoms with Crippen LogP contribution in [0.4, 0.5) is 4.79 Å². The zero-order valence-corrected chi connectivity index (χ0v) is 16.3. The van der Waals surface area contributed by atoms with Gasteiger partial charge in [0.05, 0.1) is 0 Å². The van der Waals surface area contributed by atoms with Crippen molar-refractivity contribution in [2.45, 2.75) is 68.9 Å². The number of halogens is 1. The standard InChI is InChI=1S/C17H28INO4/c1-5-6-7-8-11-12(18)9-10-13(11)23-16(22)19-14(15(20)21)17(2,3)4/h5,11-14H,1,6-10H2,2-4H3,(H,19,22)(H,20,21)/t11-,12+,13-,14-/m1/s1. The number of hydrogen-bond acceptors (Lipinski definition) is 3. The van der Waals surface area contributed by atoms with Crippen molar-refractivity contribution in [2.75, 3.05) is 0 Å². The molecular formula is C17H28INO4. The Morgan fingerprint density at radius 3 is 2.61 bits per heavy atom. The fraction of sp³-hybridized carbons (Fsp3) is 0.765. The molecule has 1 rings (SSSR count). The lowest BCUT2D eigenvalue weighted by Gasteiger charge is -2.29. The lowest BCUT2D eigenvalue weighted by Crippen LogP contribution is -2.50. The van der Waals surface area contributed by atoms with Crippen LogP contribution >= 0.6 is 22.6 Å². The summed E-state index contributed by atoms with van der Waals surface area (Å²) in [5, 5.41) is 11.8. The van der Waals surface area contributed by atoms with Gasteiger partial charge in [0.25, 0.3) is 0 Å². The zero-order valence-electron chi connectivity index (χ0n) is 14.2. The molecule has 0 aliphatic heterocycles. The van der Waals surface area contributed by atoms with Gasteiger partial charge in [0.15, 0.2) is 0 Å². The Hall–Kier alpha value is -0.790. The Morgan fingerprint density at radius 1 is 1.43 bits per heavy atom. The number of rotatable bonds is 7. The van der Waals surface area contributed by atoms with Crippen LogP contribution in [-0.2, 0) is 9.53 Å². The highest BCUT2D eigenvalue weighted by Crippen LogP contribution is 2.37. The second-order valence-electron chi connectivity index (χ2n) is 7.20. The summed E-state index contributed by atoms with van der Waals surface area (Å²) in [4.78, 5) is 23.5. The van der Waals surface area contributed by atoms with Crippen LogP contribution in [0.2, 0.25) is 0 Å². The van der Waals surface area contributed by atoms with Crippen molar-refractivity contribution in [3.05, 3.63) is 12.7 Å². The smallest absolute Gasteiger partial charge is 0.408 e. The van der Waals surface area contributed by atoms with Crippen LogP contribution in [0.5, 0.6) is 0 Å². The molecule has 5 nitrogen and oxygen atoms in total. The van der Waals surface area contributed by atoms with Gasteiger partial charge in [-0.2, -0.15) is 0 Å². The number of carbonyl (C=O) groups is 2. The third-order valence-electron chi connectivity index (χ3n) is 4.25. The summed E-state index contributed by atoms with van der Waals surface area (Å²) >= 11 is 2.43. The van der Waals surface area contributed by atoms with Gasteiger partial charge >= 0.3 is 12.1 Å². The highest BCUT2D eigenvalue weighted by atomic mass is 127. The number of amides is 1. The minimum Gasteiger partial charge on any atom is -0.480 e. The number of carboxylic acid groups (broad SMARTS) is 1. The molecule has 6 heteroatoms. The average molecular weight is 437 g/mol. The van der Waals surface area contributed by atoms with Gasteiger partial charge in [-0.15, -0.1) is 6.58 Å². The summed E-state index contributed by atoms with van der Waals surface area (Å²) in [7, 11) is 0. The number of carbonyl (C=O) groups excluding carboxylic acids is 1. The lowest BCUT2D eigenvalue weighted by atomic mass is 9.87. The molecular weight excluding hydrogens is 409 g/mol. The predicted molar refractivity (Wildman–Crippen MR) is 98.9 cm³/mol. The van der Waals surface area contributed by atoms with Gasteiger partial charge in [0.2, 0.25) is 0 Å². The first-order valence-corrected chi connectivity index (χ1v) is 9.36. The monoisotopic (exact) mass is 437 g/mol. The molecule has 1 aliphatic rings. The molecule has 0 heterocycles. The topological polar surface area (TPSA) is 75.6 Å². The van der Waals surface area contributed by atoms with E-state index < -0.39 is 23.5 Å². The number of unbranched alkanes of at least 4 members (excludes halogenated alkanes) is 1. The van der Waals surface area contributed by atoms with Gasteiger partial charge in [-0.25, -0.2) is 9.59 Å². The molecule has 2 N–H and O–H groups in total. The first-order chi connectivity index (χ1) is 10.7. The van der Waals surface area contributed by atoms with E-state index in [4.69, 9.17) is 4.74 Å². The van der Waals surface area contributed by atoms with Gasteiger partial charge in [-0.05, 0) is 37.5 Å². The molecule has 0 aromatic heterocycles. The number of carboxylic acids is 1. The van der Waals surface area contributed by atoms with E-state index in [1.54, 1.807) is 20.8 Å². The van der Waals surface area contributed by atoms with E-state index in [0.717, 1.165) is 32.1 Å². The minimum absolute atomic E-state index is 0.129. The maximum absolute atomic E-state index is 12.1. The summed E-state index contributed by atoms with van der Waals surface area (Å²) in [5.41, 5.74) is -0.574. The molecule has 0 aromatic carbocycles. The number of allylic oxidation sites excluding steroid dienone is 1. The van der Waals surface area contributed by atoms with Crippen LogP contribution in [-0.4, -0.2) is 33.2 Å².